The quantitative estimate of drug-likeness (QED) is 0.729. The first-order chi connectivity index (χ1) is 6.65. The van der Waals surface area contributed by atoms with Gasteiger partial charge < -0.3 is 5.32 Å². The zero-order valence-electron chi connectivity index (χ0n) is 10.3. The van der Waals surface area contributed by atoms with Gasteiger partial charge in [-0.2, -0.15) is 0 Å². The molecule has 0 radical (unpaired) electrons. The summed E-state index contributed by atoms with van der Waals surface area (Å²) in [5, 5.41) is 3.49. The van der Waals surface area contributed by atoms with E-state index in [1.807, 2.05) is 0 Å². The Morgan fingerprint density at radius 1 is 1.29 bits per heavy atom. The largest absolute Gasteiger partial charge is 0.317 e. The van der Waals surface area contributed by atoms with E-state index in [0.717, 1.165) is 30.2 Å². The molecule has 1 N–H and O–H groups in total. The van der Waals surface area contributed by atoms with Crippen molar-refractivity contribution in [1.82, 2.24) is 5.32 Å². The summed E-state index contributed by atoms with van der Waals surface area (Å²) in [4.78, 5) is 0. The molecule has 1 aliphatic rings. The molecule has 3 unspecified atom stereocenters. The van der Waals surface area contributed by atoms with Crippen molar-refractivity contribution >= 4 is 0 Å². The Kier molecular flexibility index (Phi) is 4.94. The number of rotatable bonds is 4. The molecule has 3 atom stereocenters. The molecule has 0 spiro atoms. The smallest absolute Gasteiger partial charge is 0.00181 e. The second kappa shape index (κ2) is 5.75. The molecule has 0 aromatic rings. The fraction of sp³-hybridized carbons (Fsp3) is 1.00. The predicted octanol–water partition coefficient (Wildman–Crippen LogP) is 3.30. The molecule has 1 saturated carbocycles. The molecule has 84 valence electrons. The summed E-state index contributed by atoms with van der Waals surface area (Å²) < 4.78 is 0. The number of hydrogen-bond acceptors (Lipinski definition) is 1. The molecule has 14 heavy (non-hydrogen) atoms. The van der Waals surface area contributed by atoms with E-state index in [1.165, 1.54) is 25.8 Å². The molecular formula is C13H27N. The van der Waals surface area contributed by atoms with Gasteiger partial charge in [-0.15, -0.1) is 0 Å². The maximum Gasteiger partial charge on any atom is -0.00181 e. The highest BCUT2D eigenvalue weighted by Crippen LogP contribution is 2.36. The van der Waals surface area contributed by atoms with E-state index in [1.54, 1.807) is 0 Å². The summed E-state index contributed by atoms with van der Waals surface area (Å²) in [7, 11) is 0. The highest BCUT2D eigenvalue weighted by atomic mass is 14.8. The molecule has 1 aliphatic carbocycles. The topological polar surface area (TPSA) is 12.0 Å². The van der Waals surface area contributed by atoms with Crippen LogP contribution in [0, 0.1) is 23.7 Å². The van der Waals surface area contributed by atoms with Crippen LogP contribution in [-0.2, 0) is 0 Å². The zero-order valence-corrected chi connectivity index (χ0v) is 10.3. The van der Waals surface area contributed by atoms with Crippen LogP contribution in [0.15, 0.2) is 0 Å². The number of nitrogens with one attached hydrogen (secondary N) is 1. The van der Waals surface area contributed by atoms with Gasteiger partial charge in [0.2, 0.25) is 0 Å². The molecule has 0 amide bonds. The van der Waals surface area contributed by atoms with Crippen molar-refractivity contribution in [2.24, 2.45) is 23.7 Å². The Morgan fingerprint density at radius 3 is 2.50 bits per heavy atom. The minimum atomic E-state index is 0.887. The lowest BCUT2D eigenvalue weighted by atomic mass is 9.71. The summed E-state index contributed by atoms with van der Waals surface area (Å²) in [6.45, 7) is 11.8. The maximum absolute atomic E-state index is 3.49. The second-order valence-corrected chi connectivity index (χ2v) is 5.36. The summed E-state index contributed by atoms with van der Waals surface area (Å²) in [6.07, 6.45) is 4.35. The van der Waals surface area contributed by atoms with Gasteiger partial charge >= 0.3 is 0 Å². The first-order valence-electron chi connectivity index (χ1n) is 6.35. The highest BCUT2D eigenvalue weighted by Gasteiger charge is 2.28. The van der Waals surface area contributed by atoms with Crippen LogP contribution in [0.4, 0.5) is 0 Å². The fourth-order valence-corrected chi connectivity index (χ4v) is 2.74. The van der Waals surface area contributed by atoms with Crippen LogP contribution < -0.4 is 5.32 Å². The lowest BCUT2D eigenvalue weighted by molar-refractivity contribution is 0.158. The van der Waals surface area contributed by atoms with Gasteiger partial charge in [-0.3, -0.25) is 0 Å². The van der Waals surface area contributed by atoms with Gasteiger partial charge in [0, 0.05) is 0 Å². The van der Waals surface area contributed by atoms with Gasteiger partial charge in [-0.25, -0.2) is 0 Å². The maximum atomic E-state index is 3.49. The monoisotopic (exact) mass is 197 g/mol. The zero-order chi connectivity index (χ0) is 10.6. The van der Waals surface area contributed by atoms with Crippen LogP contribution in [0.1, 0.15) is 47.0 Å². The van der Waals surface area contributed by atoms with Crippen molar-refractivity contribution in [2.75, 3.05) is 13.1 Å². The first kappa shape index (κ1) is 12.0. The molecule has 1 nitrogen and oxygen atoms in total. The third kappa shape index (κ3) is 3.27. The van der Waals surface area contributed by atoms with E-state index in [0.29, 0.717) is 0 Å². The van der Waals surface area contributed by atoms with Gasteiger partial charge in [-0.1, -0.05) is 27.7 Å². The summed E-state index contributed by atoms with van der Waals surface area (Å²) >= 11 is 0. The highest BCUT2D eigenvalue weighted by molar-refractivity contribution is 4.80. The van der Waals surface area contributed by atoms with Crippen LogP contribution in [-0.4, -0.2) is 13.1 Å². The Bertz CT molecular complexity index is 153. The fourth-order valence-electron chi connectivity index (χ4n) is 2.74. The minimum absolute atomic E-state index is 0.887. The second-order valence-electron chi connectivity index (χ2n) is 5.36. The molecule has 0 bridgehead atoms. The standard InChI is InChI=1S/C13H27N/c1-5-14-9-13-7-6-12(10(2)3)8-11(13)4/h10-14H,5-9H2,1-4H3. The van der Waals surface area contributed by atoms with Crippen LogP contribution in [0.3, 0.4) is 0 Å². The molecular weight excluding hydrogens is 170 g/mol. The SMILES string of the molecule is CCNCC1CCC(C(C)C)CC1C. The van der Waals surface area contributed by atoms with Crippen molar-refractivity contribution in [3.05, 3.63) is 0 Å². The first-order valence-corrected chi connectivity index (χ1v) is 6.35. The average molecular weight is 197 g/mol. The van der Waals surface area contributed by atoms with Gasteiger partial charge in [-0.05, 0) is 56.0 Å². The minimum Gasteiger partial charge on any atom is -0.317 e. The molecule has 0 aliphatic heterocycles. The Balaban J connectivity index is 2.32. The van der Waals surface area contributed by atoms with Crippen LogP contribution in [0.25, 0.3) is 0 Å². The molecule has 0 aromatic carbocycles. The molecule has 1 heteroatoms. The van der Waals surface area contributed by atoms with E-state index in [4.69, 9.17) is 0 Å². The Labute approximate surface area is 89.7 Å². The molecule has 1 fully saturated rings. The van der Waals surface area contributed by atoms with Crippen LogP contribution in [0.2, 0.25) is 0 Å². The van der Waals surface area contributed by atoms with Crippen molar-refractivity contribution in [3.8, 4) is 0 Å². The van der Waals surface area contributed by atoms with Crippen molar-refractivity contribution in [2.45, 2.75) is 47.0 Å². The van der Waals surface area contributed by atoms with Crippen LogP contribution >= 0.6 is 0 Å². The average Bonchev–Trinajstić information content (AvgIpc) is 2.15. The van der Waals surface area contributed by atoms with E-state index >= 15 is 0 Å². The van der Waals surface area contributed by atoms with Crippen molar-refractivity contribution in [1.29, 1.82) is 0 Å². The van der Waals surface area contributed by atoms with E-state index in [2.05, 4.69) is 33.0 Å². The van der Waals surface area contributed by atoms with Gasteiger partial charge in [0.1, 0.15) is 0 Å². The van der Waals surface area contributed by atoms with Crippen molar-refractivity contribution < 1.29 is 0 Å². The molecule has 0 heterocycles. The third-order valence-electron chi connectivity index (χ3n) is 3.99. The number of hydrogen-bond donors (Lipinski definition) is 1. The van der Waals surface area contributed by atoms with Crippen LogP contribution in [0.5, 0.6) is 0 Å². The predicted molar refractivity (Wildman–Crippen MR) is 63.4 cm³/mol. The van der Waals surface area contributed by atoms with E-state index < -0.39 is 0 Å². The molecule has 0 saturated heterocycles. The van der Waals surface area contributed by atoms with E-state index in [9.17, 15) is 0 Å². The summed E-state index contributed by atoms with van der Waals surface area (Å²) in [5.74, 6) is 3.74. The van der Waals surface area contributed by atoms with Gasteiger partial charge in [0.25, 0.3) is 0 Å². The normalized spacial score (nSPS) is 33.6. The summed E-state index contributed by atoms with van der Waals surface area (Å²) in [5.41, 5.74) is 0. The third-order valence-corrected chi connectivity index (χ3v) is 3.99. The molecule has 1 rings (SSSR count). The molecule has 0 aromatic heterocycles. The van der Waals surface area contributed by atoms with Crippen molar-refractivity contribution in [3.63, 3.8) is 0 Å². The lowest BCUT2D eigenvalue weighted by Gasteiger charge is -2.36. The van der Waals surface area contributed by atoms with Gasteiger partial charge in [0.05, 0.1) is 0 Å². The Morgan fingerprint density at radius 2 is 2.00 bits per heavy atom. The summed E-state index contributed by atoms with van der Waals surface area (Å²) in [6, 6.07) is 0. The Hall–Kier alpha value is -0.0400. The lowest BCUT2D eigenvalue weighted by Crippen LogP contribution is -2.33. The van der Waals surface area contributed by atoms with Gasteiger partial charge in [0.15, 0.2) is 0 Å². The van der Waals surface area contributed by atoms with E-state index in [-0.39, 0.29) is 0 Å².